The van der Waals surface area contributed by atoms with Crippen LogP contribution in [0.3, 0.4) is 0 Å². The predicted octanol–water partition coefficient (Wildman–Crippen LogP) is 3.54. The minimum atomic E-state index is -0.387. The summed E-state index contributed by atoms with van der Waals surface area (Å²) in [6.07, 6.45) is 5.16. The summed E-state index contributed by atoms with van der Waals surface area (Å²) in [6.45, 7) is 3.54. The van der Waals surface area contributed by atoms with Crippen LogP contribution in [0.1, 0.15) is 19.8 Å². The highest BCUT2D eigenvalue weighted by Crippen LogP contribution is 2.44. The Morgan fingerprint density at radius 2 is 1.91 bits per heavy atom. The van der Waals surface area contributed by atoms with Gasteiger partial charge in [0.1, 0.15) is 11.8 Å². The molecule has 1 aromatic heterocycles. The number of amides is 2. The molecule has 0 saturated carbocycles. The molecule has 8 heteroatoms. The zero-order chi connectivity index (χ0) is 23.7. The van der Waals surface area contributed by atoms with E-state index in [0.29, 0.717) is 19.6 Å². The number of hydrogen-bond acceptors (Lipinski definition) is 5. The Morgan fingerprint density at radius 3 is 2.56 bits per heavy atom. The maximum absolute atomic E-state index is 13.8. The van der Waals surface area contributed by atoms with Gasteiger partial charge in [-0.3, -0.25) is 14.7 Å². The largest absolute Gasteiger partial charge is 0.497 e. The van der Waals surface area contributed by atoms with Gasteiger partial charge in [0, 0.05) is 61.2 Å². The van der Waals surface area contributed by atoms with Crippen molar-refractivity contribution in [3.05, 3.63) is 60.9 Å². The average molecular weight is 460 g/mol. The molecule has 0 radical (unpaired) electrons. The molecule has 0 bridgehead atoms. The highest BCUT2D eigenvalue weighted by molar-refractivity contribution is 6.02. The molecule has 2 aliphatic heterocycles. The van der Waals surface area contributed by atoms with Crippen LogP contribution in [0.15, 0.2) is 60.9 Å². The first-order chi connectivity index (χ1) is 16.5. The van der Waals surface area contributed by atoms with E-state index in [-0.39, 0.29) is 23.3 Å². The Bertz CT molecular complexity index is 1170. The fraction of sp³-hybridized carbons (Fsp3) is 0.346. The third-order valence-electron chi connectivity index (χ3n) is 7.19. The first kappa shape index (κ1) is 22.0. The van der Waals surface area contributed by atoms with Gasteiger partial charge in [-0.05, 0) is 42.7 Å². The van der Waals surface area contributed by atoms with Crippen molar-refractivity contribution in [1.29, 1.82) is 0 Å². The van der Waals surface area contributed by atoms with E-state index in [1.165, 1.54) is 0 Å². The smallest absolute Gasteiger partial charge is 0.250 e. The number of piperidine rings is 1. The summed E-state index contributed by atoms with van der Waals surface area (Å²) in [6, 6.07) is 15.3. The second kappa shape index (κ2) is 8.85. The van der Waals surface area contributed by atoms with E-state index in [9.17, 15) is 9.59 Å². The second-order valence-corrected chi connectivity index (χ2v) is 9.14. The number of hydrogen-bond donors (Lipinski definition) is 2. The Labute approximate surface area is 198 Å². The van der Waals surface area contributed by atoms with Gasteiger partial charge >= 0.3 is 0 Å². The number of rotatable bonds is 5. The zero-order valence-electron chi connectivity index (χ0n) is 19.5. The minimum absolute atomic E-state index is 0.0511. The molecule has 2 aliphatic rings. The lowest BCUT2D eigenvalue weighted by Gasteiger charge is -2.41. The lowest BCUT2D eigenvalue weighted by atomic mass is 9.74. The maximum Gasteiger partial charge on any atom is 0.250 e. The van der Waals surface area contributed by atoms with Crippen LogP contribution in [0.4, 0.5) is 11.4 Å². The third-order valence-corrected chi connectivity index (χ3v) is 7.19. The molecular formula is C26H29N5O3. The van der Waals surface area contributed by atoms with Crippen molar-refractivity contribution in [2.24, 2.45) is 5.41 Å². The molecule has 1 atom stereocenters. The highest BCUT2D eigenvalue weighted by atomic mass is 16.5. The SMILES string of the molecule is COc1cccc(NC2C(=O)N(c3ccc(-c4cn[nH]c4)cc3)CC23CCN(C(C)=O)CC3)c1. The monoisotopic (exact) mass is 459 g/mol. The summed E-state index contributed by atoms with van der Waals surface area (Å²) in [5.74, 6) is 0.876. The quantitative estimate of drug-likeness (QED) is 0.609. The van der Waals surface area contributed by atoms with E-state index < -0.39 is 0 Å². The highest BCUT2D eigenvalue weighted by Gasteiger charge is 2.53. The maximum atomic E-state index is 13.8. The molecular weight excluding hydrogens is 430 g/mol. The summed E-state index contributed by atoms with van der Waals surface area (Å²) in [4.78, 5) is 29.5. The first-order valence-corrected chi connectivity index (χ1v) is 11.6. The van der Waals surface area contributed by atoms with Gasteiger partial charge in [0.05, 0.1) is 13.3 Å². The number of likely N-dealkylation sites (tertiary alicyclic amines) is 1. The van der Waals surface area contributed by atoms with Crippen LogP contribution in [0.5, 0.6) is 5.75 Å². The Kier molecular flexibility index (Phi) is 5.73. The van der Waals surface area contributed by atoms with Crippen LogP contribution in [-0.4, -0.2) is 59.7 Å². The van der Waals surface area contributed by atoms with E-state index >= 15 is 0 Å². The molecule has 2 saturated heterocycles. The Hall–Kier alpha value is -3.81. The average Bonchev–Trinajstić information content (AvgIpc) is 3.49. The molecule has 2 fully saturated rings. The van der Waals surface area contributed by atoms with Gasteiger partial charge in [-0.2, -0.15) is 5.10 Å². The topological polar surface area (TPSA) is 90.6 Å². The number of aromatic nitrogens is 2. The van der Waals surface area contributed by atoms with Gasteiger partial charge in [-0.25, -0.2) is 0 Å². The number of nitrogens with one attached hydrogen (secondary N) is 2. The molecule has 3 aromatic rings. The summed E-state index contributed by atoms with van der Waals surface area (Å²) in [5.41, 5.74) is 3.50. The number of H-pyrrole nitrogens is 1. The summed E-state index contributed by atoms with van der Waals surface area (Å²) in [7, 11) is 1.63. The molecule has 176 valence electrons. The predicted molar refractivity (Wildman–Crippen MR) is 131 cm³/mol. The minimum Gasteiger partial charge on any atom is -0.497 e. The molecule has 8 nitrogen and oxygen atoms in total. The molecule has 2 amide bonds. The van der Waals surface area contributed by atoms with Crippen LogP contribution in [0.2, 0.25) is 0 Å². The molecule has 0 aliphatic carbocycles. The van der Waals surface area contributed by atoms with E-state index in [2.05, 4.69) is 15.5 Å². The zero-order valence-corrected chi connectivity index (χ0v) is 19.5. The molecule has 1 unspecified atom stereocenters. The number of nitrogens with zero attached hydrogens (tertiary/aromatic N) is 3. The third kappa shape index (κ3) is 4.00. The summed E-state index contributed by atoms with van der Waals surface area (Å²) in [5, 5.41) is 10.4. The van der Waals surface area contributed by atoms with Crippen molar-refractivity contribution in [1.82, 2.24) is 15.1 Å². The van der Waals surface area contributed by atoms with Crippen molar-refractivity contribution in [2.45, 2.75) is 25.8 Å². The van der Waals surface area contributed by atoms with Crippen LogP contribution >= 0.6 is 0 Å². The van der Waals surface area contributed by atoms with Crippen LogP contribution in [-0.2, 0) is 9.59 Å². The van der Waals surface area contributed by atoms with Gasteiger partial charge in [0.2, 0.25) is 11.8 Å². The fourth-order valence-corrected chi connectivity index (χ4v) is 5.17. The normalized spacial score (nSPS) is 19.5. The van der Waals surface area contributed by atoms with Gasteiger partial charge in [0.15, 0.2) is 0 Å². The number of carbonyl (C=O) groups is 2. The Morgan fingerprint density at radius 1 is 1.15 bits per heavy atom. The van der Waals surface area contributed by atoms with Gasteiger partial charge in [-0.1, -0.05) is 18.2 Å². The van der Waals surface area contributed by atoms with E-state index in [1.54, 1.807) is 20.2 Å². The number of carbonyl (C=O) groups excluding carboxylic acids is 2. The summed E-state index contributed by atoms with van der Waals surface area (Å²) < 4.78 is 5.37. The van der Waals surface area contributed by atoms with Crippen molar-refractivity contribution in [3.63, 3.8) is 0 Å². The number of benzene rings is 2. The molecule has 2 aromatic carbocycles. The first-order valence-electron chi connectivity index (χ1n) is 11.6. The van der Waals surface area contributed by atoms with Gasteiger partial charge in [0.25, 0.3) is 0 Å². The van der Waals surface area contributed by atoms with Gasteiger partial charge < -0.3 is 19.9 Å². The molecule has 2 N–H and O–H groups in total. The molecule has 34 heavy (non-hydrogen) atoms. The van der Waals surface area contributed by atoms with E-state index in [0.717, 1.165) is 41.1 Å². The van der Waals surface area contributed by atoms with Crippen LogP contribution < -0.4 is 15.0 Å². The molecule has 1 spiro atoms. The number of anilines is 2. The number of ether oxygens (including phenoxy) is 1. The van der Waals surface area contributed by atoms with Crippen molar-refractivity contribution in [2.75, 3.05) is 37.0 Å². The van der Waals surface area contributed by atoms with Crippen molar-refractivity contribution < 1.29 is 14.3 Å². The second-order valence-electron chi connectivity index (χ2n) is 9.14. The molecule has 5 rings (SSSR count). The number of aromatic amines is 1. The number of methoxy groups -OCH3 is 1. The van der Waals surface area contributed by atoms with Crippen molar-refractivity contribution in [3.8, 4) is 16.9 Å². The Balaban J connectivity index is 1.44. The van der Waals surface area contributed by atoms with Gasteiger partial charge in [-0.15, -0.1) is 0 Å². The van der Waals surface area contributed by atoms with Crippen LogP contribution in [0, 0.1) is 5.41 Å². The fourth-order valence-electron chi connectivity index (χ4n) is 5.17. The standard InChI is InChI=1S/C26H29N5O3/c1-18(32)30-12-10-26(11-13-30)17-31(22-8-6-19(7-9-22)20-15-27-28-16-20)25(33)24(26)29-21-4-3-5-23(14-21)34-2/h3-9,14-16,24,29H,10-13,17H2,1-2H3,(H,27,28). The lowest BCUT2D eigenvalue weighted by molar-refractivity contribution is -0.131. The summed E-state index contributed by atoms with van der Waals surface area (Å²) >= 11 is 0. The molecule has 3 heterocycles. The van der Waals surface area contributed by atoms with E-state index in [4.69, 9.17) is 4.74 Å². The van der Waals surface area contributed by atoms with E-state index in [1.807, 2.05) is 64.5 Å². The lowest BCUT2D eigenvalue weighted by Crippen LogP contribution is -2.50. The van der Waals surface area contributed by atoms with Crippen LogP contribution in [0.25, 0.3) is 11.1 Å². The van der Waals surface area contributed by atoms with Crippen molar-refractivity contribution >= 4 is 23.2 Å².